The van der Waals surface area contributed by atoms with Gasteiger partial charge in [0.25, 0.3) is 0 Å². The number of rotatable bonds is 1. The van der Waals surface area contributed by atoms with Crippen LogP contribution in [0.3, 0.4) is 0 Å². The SMILES string of the molecule is SCc1nc(Br)c2n1CCCC2. The molecular weight excluding hydrogens is 236 g/mol. The van der Waals surface area contributed by atoms with Gasteiger partial charge in [-0.25, -0.2) is 4.98 Å². The molecule has 0 saturated heterocycles. The maximum Gasteiger partial charge on any atom is 0.127 e. The van der Waals surface area contributed by atoms with Crippen LogP contribution in [0.5, 0.6) is 0 Å². The molecule has 0 N–H and O–H groups in total. The van der Waals surface area contributed by atoms with Crippen molar-refractivity contribution in [2.24, 2.45) is 0 Å². The third-order valence-electron chi connectivity index (χ3n) is 2.29. The van der Waals surface area contributed by atoms with Crippen LogP contribution in [0.2, 0.25) is 0 Å². The number of hydrogen-bond donors (Lipinski definition) is 1. The highest BCUT2D eigenvalue weighted by atomic mass is 79.9. The predicted octanol–water partition coefficient (Wildman–Crippen LogP) is 2.41. The van der Waals surface area contributed by atoms with Crippen LogP contribution in [-0.4, -0.2) is 9.55 Å². The molecule has 2 nitrogen and oxygen atoms in total. The Labute approximate surface area is 85.9 Å². The molecule has 2 heterocycles. The van der Waals surface area contributed by atoms with E-state index in [2.05, 4.69) is 38.1 Å². The normalized spacial score (nSPS) is 16.2. The van der Waals surface area contributed by atoms with Crippen LogP contribution in [0.1, 0.15) is 24.4 Å². The van der Waals surface area contributed by atoms with Crippen molar-refractivity contribution in [1.29, 1.82) is 0 Å². The zero-order valence-corrected chi connectivity index (χ0v) is 9.24. The van der Waals surface area contributed by atoms with Crippen LogP contribution in [-0.2, 0) is 18.7 Å². The number of halogens is 1. The standard InChI is InChI=1S/C8H11BrN2S/c9-8-6-3-1-2-4-11(6)7(5-12)10-8/h12H,1-5H2. The summed E-state index contributed by atoms with van der Waals surface area (Å²) in [6.45, 7) is 1.11. The van der Waals surface area contributed by atoms with E-state index in [9.17, 15) is 0 Å². The summed E-state index contributed by atoms with van der Waals surface area (Å²) in [7, 11) is 0. The number of fused-ring (bicyclic) bond motifs is 1. The molecule has 66 valence electrons. The van der Waals surface area contributed by atoms with Crippen LogP contribution in [0.25, 0.3) is 0 Å². The van der Waals surface area contributed by atoms with Crippen LogP contribution in [0, 0.1) is 0 Å². The molecular formula is C8H11BrN2S. The number of nitrogens with zero attached hydrogens (tertiary/aromatic N) is 2. The van der Waals surface area contributed by atoms with E-state index in [0.717, 1.165) is 29.1 Å². The second kappa shape index (κ2) is 3.42. The predicted molar refractivity (Wildman–Crippen MR) is 55.6 cm³/mol. The fourth-order valence-corrected chi connectivity index (χ4v) is 2.55. The second-order valence-electron chi connectivity index (χ2n) is 3.03. The number of thiol groups is 1. The molecule has 1 aromatic rings. The van der Waals surface area contributed by atoms with E-state index >= 15 is 0 Å². The molecule has 0 spiro atoms. The number of imidazole rings is 1. The Bertz CT molecular complexity index is 295. The molecule has 0 unspecified atom stereocenters. The topological polar surface area (TPSA) is 17.8 Å². The van der Waals surface area contributed by atoms with Gasteiger partial charge >= 0.3 is 0 Å². The molecule has 0 fully saturated rings. The summed E-state index contributed by atoms with van der Waals surface area (Å²) in [5.41, 5.74) is 1.35. The monoisotopic (exact) mass is 246 g/mol. The summed E-state index contributed by atoms with van der Waals surface area (Å²) in [6, 6.07) is 0. The number of aromatic nitrogens is 2. The Morgan fingerprint density at radius 3 is 3.08 bits per heavy atom. The maximum absolute atomic E-state index is 4.41. The van der Waals surface area contributed by atoms with E-state index in [-0.39, 0.29) is 0 Å². The fraction of sp³-hybridized carbons (Fsp3) is 0.625. The minimum atomic E-state index is 0.735. The van der Waals surface area contributed by atoms with Crippen molar-refractivity contribution in [1.82, 2.24) is 9.55 Å². The van der Waals surface area contributed by atoms with Gasteiger partial charge in [0, 0.05) is 12.3 Å². The molecule has 4 heteroatoms. The lowest BCUT2D eigenvalue weighted by atomic mass is 10.1. The lowest BCUT2D eigenvalue weighted by molar-refractivity contribution is 0.520. The molecule has 1 aliphatic heterocycles. The molecule has 1 aromatic heterocycles. The zero-order valence-electron chi connectivity index (χ0n) is 6.76. The Morgan fingerprint density at radius 1 is 1.50 bits per heavy atom. The average Bonchev–Trinajstić information content (AvgIpc) is 2.44. The maximum atomic E-state index is 4.41. The summed E-state index contributed by atoms with van der Waals surface area (Å²) < 4.78 is 3.31. The second-order valence-corrected chi connectivity index (χ2v) is 4.10. The molecule has 0 aliphatic carbocycles. The Kier molecular flexibility index (Phi) is 2.46. The van der Waals surface area contributed by atoms with Gasteiger partial charge in [0.1, 0.15) is 10.4 Å². The van der Waals surface area contributed by atoms with Crippen molar-refractivity contribution in [2.75, 3.05) is 0 Å². The first-order chi connectivity index (χ1) is 5.83. The fourth-order valence-electron chi connectivity index (χ4n) is 1.69. The van der Waals surface area contributed by atoms with E-state index in [1.807, 2.05) is 0 Å². The summed E-state index contributed by atoms with van der Waals surface area (Å²) in [6.07, 6.45) is 3.72. The van der Waals surface area contributed by atoms with Gasteiger partial charge in [0.2, 0.25) is 0 Å². The lowest BCUT2D eigenvalue weighted by Gasteiger charge is -2.15. The van der Waals surface area contributed by atoms with Gasteiger partial charge in [-0.05, 0) is 35.2 Å². The Hall–Kier alpha value is 0.0400. The van der Waals surface area contributed by atoms with Crippen molar-refractivity contribution < 1.29 is 0 Å². The quantitative estimate of drug-likeness (QED) is 0.754. The van der Waals surface area contributed by atoms with Gasteiger partial charge in [-0.15, -0.1) is 0 Å². The first-order valence-electron chi connectivity index (χ1n) is 4.17. The summed E-state index contributed by atoms with van der Waals surface area (Å²) in [5.74, 6) is 1.83. The van der Waals surface area contributed by atoms with E-state index in [1.54, 1.807) is 0 Å². The van der Waals surface area contributed by atoms with Crippen molar-refractivity contribution in [3.8, 4) is 0 Å². The lowest BCUT2D eigenvalue weighted by Crippen LogP contribution is -2.12. The smallest absolute Gasteiger partial charge is 0.127 e. The Balaban J connectivity index is 2.47. The molecule has 0 saturated carbocycles. The van der Waals surface area contributed by atoms with Gasteiger partial charge in [0.05, 0.1) is 5.69 Å². The largest absolute Gasteiger partial charge is 0.330 e. The molecule has 1 aliphatic rings. The van der Waals surface area contributed by atoms with Crippen LogP contribution in [0.4, 0.5) is 0 Å². The molecule has 0 radical (unpaired) electrons. The Morgan fingerprint density at radius 2 is 2.33 bits per heavy atom. The van der Waals surface area contributed by atoms with Crippen molar-refractivity contribution in [2.45, 2.75) is 31.6 Å². The highest BCUT2D eigenvalue weighted by Crippen LogP contribution is 2.25. The highest BCUT2D eigenvalue weighted by Gasteiger charge is 2.16. The summed E-state index contributed by atoms with van der Waals surface area (Å²) in [5, 5.41) is 0. The zero-order chi connectivity index (χ0) is 8.55. The van der Waals surface area contributed by atoms with Gasteiger partial charge < -0.3 is 4.57 Å². The first-order valence-corrected chi connectivity index (χ1v) is 5.60. The minimum Gasteiger partial charge on any atom is -0.330 e. The number of hydrogen-bond acceptors (Lipinski definition) is 2. The first kappa shape index (κ1) is 8.63. The van der Waals surface area contributed by atoms with Crippen LogP contribution < -0.4 is 0 Å². The van der Waals surface area contributed by atoms with Gasteiger partial charge in [-0.1, -0.05) is 0 Å². The molecule has 0 bridgehead atoms. The van der Waals surface area contributed by atoms with Crippen molar-refractivity contribution in [3.63, 3.8) is 0 Å². The summed E-state index contributed by atoms with van der Waals surface area (Å²) in [4.78, 5) is 4.41. The van der Waals surface area contributed by atoms with Gasteiger partial charge in [-0.2, -0.15) is 12.6 Å². The van der Waals surface area contributed by atoms with Gasteiger partial charge in [0.15, 0.2) is 0 Å². The van der Waals surface area contributed by atoms with Crippen LogP contribution >= 0.6 is 28.6 Å². The third kappa shape index (κ3) is 1.31. The summed E-state index contributed by atoms with van der Waals surface area (Å²) >= 11 is 7.73. The highest BCUT2D eigenvalue weighted by molar-refractivity contribution is 9.10. The van der Waals surface area contributed by atoms with Crippen LogP contribution in [0.15, 0.2) is 4.60 Å². The van der Waals surface area contributed by atoms with Crippen molar-refractivity contribution in [3.05, 3.63) is 16.1 Å². The van der Waals surface area contributed by atoms with E-state index in [4.69, 9.17) is 0 Å². The molecule has 0 atom stereocenters. The third-order valence-corrected chi connectivity index (χ3v) is 3.21. The van der Waals surface area contributed by atoms with E-state index in [0.29, 0.717) is 0 Å². The van der Waals surface area contributed by atoms with E-state index < -0.39 is 0 Å². The van der Waals surface area contributed by atoms with Crippen molar-refractivity contribution >= 4 is 28.6 Å². The minimum absolute atomic E-state index is 0.735. The molecule has 0 amide bonds. The van der Waals surface area contributed by atoms with Gasteiger partial charge in [-0.3, -0.25) is 0 Å². The molecule has 0 aromatic carbocycles. The molecule has 12 heavy (non-hydrogen) atoms. The molecule has 2 rings (SSSR count). The average molecular weight is 247 g/mol. The van der Waals surface area contributed by atoms with E-state index in [1.165, 1.54) is 18.5 Å².